The molecular weight excluding hydrogens is 202 g/mol. The third kappa shape index (κ3) is 1.71. The highest BCUT2D eigenvalue weighted by Gasteiger charge is 2.27. The largest absolute Gasteiger partial charge is 0.369 e. The zero-order valence-corrected chi connectivity index (χ0v) is 9.14. The van der Waals surface area contributed by atoms with E-state index in [0.717, 1.165) is 12.1 Å². The average molecular weight is 217 g/mol. The van der Waals surface area contributed by atoms with Crippen molar-refractivity contribution in [2.45, 2.75) is 19.4 Å². The van der Waals surface area contributed by atoms with Crippen molar-refractivity contribution in [1.29, 1.82) is 5.41 Å². The van der Waals surface area contributed by atoms with Gasteiger partial charge in [-0.2, -0.15) is 4.99 Å². The van der Waals surface area contributed by atoms with Gasteiger partial charge in [0.05, 0.1) is 0 Å². The number of fused-ring (bicyclic) bond motifs is 1. The summed E-state index contributed by atoms with van der Waals surface area (Å²) in [7, 11) is 0. The molecule has 16 heavy (non-hydrogen) atoms. The van der Waals surface area contributed by atoms with Gasteiger partial charge in [0.1, 0.15) is 0 Å². The summed E-state index contributed by atoms with van der Waals surface area (Å²) in [4.78, 5) is 5.70. The van der Waals surface area contributed by atoms with Crippen LogP contribution in [0.25, 0.3) is 0 Å². The van der Waals surface area contributed by atoms with Crippen LogP contribution in [-0.4, -0.2) is 18.0 Å². The Bertz CT molecular complexity index is 451. The summed E-state index contributed by atoms with van der Waals surface area (Å²) in [5.41, 5.74) is 13.4. The molecule has 0 aliphatic carbocycles. The molecule has 1 aromatic rings. The first-order chi connectivity index (χ1) is 7.59. The Morgan fingerprint density at radius 2 is 2.12 bits per heavy atom. The number of hydrogen-bond donors (Lipinski definition) is 3. The van der Waals surface area contributed by atoms with Gasteiger partial charge in [-0.15, -0.1) is 0 Å². The van der Waals surface area contributed by atoms with Crippen molar-refractivity contribution >= 4 is 17.6 Å². The van der Waals surface area contributed by atoms with E-state index in [-0.39, 0.29) is 18.0 Å². The normalized spacial score (nSPS) is 19.7. The van der Waals surface area contributed by atoms with Crippen molar-refractivity contribution in [3.63, 3.8) is 0 Å². The molecule has 0 aromatic heterocycles. The minimum Gasteiger partial charge on any atom is -0.369 e. The van der Waals surface area contributed by atoms with E-state index in [2.05, 4.69) is 18.0 Å². The second-order valence-electron chi connectivity index (χ2n) is 3.91. The molecule has 1 aliphatic rings. The summed E-state index contributed by atoms with van der Waals surface area (Å²) in [6.07, 6.45) is 0.935. The fraction of sp³-hybridized carbons (Fsp3) is 0.273. The molecule has 0 bridgehead atoms. The van der Waals surface area contributed by atoms with Crippen molar-refractivity contribution in [2.75, 3.05) is 4.90 Å². The molecular formula is C11H15N5. The van der Waals surface area contributed by atoms with Crippen LogP contribution in [0.3, 0.4) is 0 Å². The summed E-state index contributed by atoms with van der Waals surface area (Å²) in [6.45, 7) is 2.07. The summed E-state index contributed by atoms with van der Waals surface area (Å²) in [6, 6.07) is 8.30. The summed E-state index contributed by atoms with van der Waals surface area (Å²) in [5.74, 6) is 0.0130. The molecule has 84 valence electrons. The molecule has 5 N–H and O–H groups in total. The molecule has 1 aliphatic heterocycles. The van der Waals surface area contributed by atoms with Crippen molar-refractivity contribution in [1.82, 2.24) is 0 Å². The van der Waals surface area contributed by atoms with Gasteiger partial charge in [0.15, 0.2) is 0 Å². The number of nitrogens with zero attached hydrogens (tertiary/aromatic N) is 2. The van der Waals surface area contributed by atoms with Gasteiger partial charge >= 0.3 is 0 Å². The minimum absolute atomic E-state index is 0.250. The molecule has 1 atom stereocenters. The number of hydrogen-bond acceptors (Lipinski definition) is 1. The maximum atomic E-state index is 7.12. The lowest BCUT2D eigenvalue weighted by Gasteiger charge is -2.23. The molecule has 5 heteroatoms. The zero-order chi connectivity index (χ0) is 11.7. The fourth-order valence-corrected chi connectivity index (χ4v) is 2.09. The monoisotopic (exact) mass is 217 g/mol. The Morgan fingerprint density at radius 3 is 2.81 bits per heavy atom. The number of benzene rings is 1. The number of guanidine groups is 2. The van der Waals surface area contributed by atoms with E-state index in [1.807, 2.05) is 23.1 Å². The third-order valence-electron chi connectivity index (χ3n) is 2.69. The SMILES string of the molecule is CC1Cc2ccccc2N1C(N)=NC(=N)N. The van der Waals surface area contributed by atoms with Gasteiger partial charge < -0.3 is 16.4 Å². The topological polar surface area (TPSA) is 91.5 Å². The van der Waals surface area contributed by atoms with Crippen LogP contribution < -0.4 is 16.4 Å². The van der Waals surface area contributed by atoms with Gasteiger partial charge in [-0.05, 0) is 25.0 Å². The van der Waals surface area contributed by atoms with E-state index < -0.39 is 0 Å². The van der Waals surface area contributed by atoms with Crippen molar-refractivity contribution < 1.29 is 0 Å². The van der Waals surface area contributed by atoms with Crippen LogP contribution in [-0.2, 0) is 6.42 Å². The van der Waals surface area contributed by atoms with Crippen molar-refractivity contribution in [2.24, 2.45) is 16.5 Å². The predicted molar refractivity (Wildman–Crippen MR) is 65.6 cm³/mol. The number of anilines is 1. The van der Waals surface area contributed by atoms with Crippen LogP contribution in [0.1, 0.15) is 12.5 Å². The maximum absolute atomic E-state index is 7.12. The van der Waals surface area contributed by atoms with E-state index in [9.17, 15) is 0 Å². The Hall–Kier alpha value is -2.04. The second-order valence-corrected chi connectivity index (χ2v) is 3.91. The quantitative estimate of drug-likeness (QED) is 0.440. The van der Waals surface area contributed by atoms with Crippen LogP contribution in [0.4, 0.5) is 5.69 Å². The number of nitrogens with two attached hydrogens (primary N) is 2. The molecule has 0 amide bonds. The second kappa shape index (κ2) is 3.84. The number of para-hydroxylation sites is 1. The summed E-state index contributed by atoms with van der Waals surface area (Å²) in [5, 5.41) is 7.12. The Kier molecular flexibility index (Phi) is 2.52. The first-order valence-electron chi connectivity index (χ1n) is 5.15. The minimum atomic E-state index is -0.269. The van der Waals surface area contributed by atoms with Crippen LogP contribution in [0.15, 0.2) is 29.3 Å². The first-order valence-corrected chi connectivity index (χ1v) is 5.15. The van der Waals surface area contributed by atoms with Gasteiger partial charge in [0.2, 0.25) is 11.9 Å². The lowest BCUT2D eigenvalue weighted by Crippen LogP contribution is -2.42. The van der Waals surface area contributed by atoms with E-state index in [1.54, 1.807) is 0 Å². The van der Waals surface area contributed by atoms with E-state index >= 15 is 0 Å². The Morgan fingerprint density at radius 1 is 1.44 bits per heavy atom. The van der Waals surface area contributed by atoms with Gasteiger partial charge in [0.25, 0.3) is 0 Å². The number of aliphatic imine (C=N–C) groups is 1. The lowest BCUT2D eigenvalue weighted by atomic mass is 10.1. The first kappa shape index (κ1) is 10.5. The van der Waals surface area contributed by atoms with Crippen LogP contribution in [0.2, 0.25) is 0 Å². The molecule has 1 heterocycles. The average Bonchev–Trinajstić information content (AvgIpc) is 2.52. The maximum Gasteiger partial charge on any atom is 0.215 e. The number of rotatable bonds is 0. The summed E-state index contributed by atoms with van der Waals surface area (Å²) < 4.78 is 0. The van der Waals surface area contributed by atoms with Crippen LogP contribution in [0, 0.1) is 5.41 Å². The van der Waals surface area contributed by atoms with E-state index in [4.69, 9.17) is 16.9 Å². The van der Waals surface area contributed by atoms with Crippen LogP contribution >= 0.6 is 0 Å². The highest BCUT2D eigenvalue weighted by molar-refractivity contribution is 6.03. The third-order valence-corrected chi connectivity index (χ3v) is 2.69. The lowest BCUT2D eigenvalue weighted by molar-refractivity contribution is 0.769. The standard InChI is InChI=1S/C11H15N5/c1-7-6-8-4-2-3-5-9(8)16(7)11(14)15-10(12)13/h2-5,7H,6H2,1H3,(H5,12,13,14,15). The smallest absolute Gasteiger partial charge is 0.215 e. The molecule has 1 aromatic carbocycles. The molecule has 0 saturated heterocycles. The van der Waals surface area contributed by atoms with Gasteiger partial charge in [-0.3, -0.25) is 5.41 Å². The molecule has 0 radical (unpaired) electrons. The van der Waals surface area contributed by atoms with Crippen molar-refractivity contribution in [3.05, 3.63) is 29.8 Å². The highest BCUT2D eigenvalue weighted by atomic mass is 15.3. The van der Waals surface area contributed by atoms with E-state index in [1.165, 1.54) is 5.56 Å². The fourth-order valence-electron chi connectivity index (χ4n) is 2.09. The number of nitrogens with one attached hydrogen (secondary N) is 1. The van der Waals surface area contributed by atoms with Gasteiger partial charge in [-0.25, -0.2) is 0 Å². The van der Waals surface area contributed by atoms with Gasteiger partial charge in [0, 0.05) is 11.7 Å². The molecule has 0 saturated carbocycles. The molecule has 5 nitrogen and oxygen atoms in total. The van der Waals surface area contributed by atoms with Gasteiger partial charge in [-0.1, -0.05) is 18.2 Å². The Balaban J connectivity index is 2.39. The molecule has 0 spiro atoms. The van der Waals surface area contributed by atoms with E-state index in [0.29, 0.717) is 0 Å². The zero-order valence-electron chi connectivity index (χ0n) is 9.14. The van der Waals surface area contributed by atoms with Crippen LogP contribution in [0.5, 0.6) is 0 Å². The predicted octanol–water partition coefficient (Wildman–Crippen LogP) is 0.646. The molecule has 1 unspecified atom stereocenters. The summed E-state index contributed by atoms with van der Waals surface area (Å²) >= 11 is 0. The molecule has 2 rings (SSSR count). The van der Waals surface area contributed by atoms with Crippen molar-refractivity contribution in [3.8, 4) is 0 Å². The highest BCUT2D eigenvalue weighted by Crippen LogP contribution is 2.31. The molecule has 0 fully saturated rings. The Labute approximate surface area is 94.3 Å².